The number of carbonyl (C=O) groups is 1. The summed E-state index contributed by atoms with van der Waals surface area (Å²) >= 11 is 0. The molecule has 0 unspecified atom stereocenters. The molecule has 0 saturated carbocycles. The second-order valence-electron chi connectivity index (χ2n) is 5.05. The van der Waals surface area contributed by atoms with Crippen molar-refractivity contribution in [2.24, 2.45) is 0 Å². The first-order valence-electron chi connectivity index (χ1n) is 6.34. The number of nitrogens with one attached hydrogen (secondary N) is 1. The summed E-state index contributed by atoms with van der Waals surface area (Å²) in [6, 6.07) is 7.42. The van der Waals surface area contributed by atoms with Crippen LogP contribution in [0.2, 0.25) is 0 Å². The molecular formula is C14H21NO3S. The van der Waals surface area contributed by atoms with Gasteiger partial charge in [-0.15, -0.1) is 0 Å². The van der Waals surface area contributed by atoms with E-state index in [2.05, 4.69) is 5.32 Å². The molecule has 1 amide bonds. The Morgan fingerprint density at radius 3 is 2.32 bits per heavy atom. The molecular weight excluding hydrogens is 262 g/mol. The van der Waals surface area contributed by atoms with Gasteiger partial charge in [0.25, 0.3) is 0 Å². The predicted octanol–water partition coefficient (Wildman–Crippen LogP) is 1.82. The van der Waals surface area contributed by atoms with E-state index in [9.17, 15) is 13.2 Å². The van der Waals surface area contributed by atoms with Gasteiger partial charge in [-0.2, -0.15) is 0 Å². The van der Waals surface area contributed by atoms with Crippen LogP contribution in [0.15, 0.2) is 24.3 Å². The molecule has 0 fully saturated rings. The molecule has 0 radical (unpaired) electrons. The lowest BCUT2D eigenvalue weighted by Gasteiger charge is -2.08. The topological polar surface area (TPSA) is 63.2 Å². The Morgan fingerprint density at radius 2 is 1.79 bits per heavy atom. The monoisotopic (exact) mass is 283 g/mol. The van der Waals surface area contributed by atoms with Gasteiger partial charge in [-0.05, 0) is 26.3 Å². The summed E-state index contributed by atoms with van der Waals surface area (Å²) in [6.45, 7) is 5.64. The molecule has 1 rings (SSSR count). The number of hydrogen-bond acceptors (Lipinski definition) is 3. The van der Waals surface area contributed by atoms with Gasteiger partial charge < -0.3 is 5.32 Å². The maximum atomic E-state index is 11.9. The highest BCUT2D eigenvalue weighted by Gasteiger charge is 2.14. The maximum Gasteiger partial charge on any atom is 0.221 e. The number of rotatable bonds is 6. The van der Waals surface area contributed by atoms with Crippen LogP contribution < -0.4 is 5.32 Å². The third kappa shape index (κ3) is 6.38. The van der Waals surface area contributed by atoms with Gasteiger partial charge in [-0.25, -0.2) is 8.42 Å². The molecule has 0 bridgehead atoms. The molecule has 0 aliphatic carbocycles. The molecule has 0 atom stereocenters. The van der Waals surface area contributed by atoms with Crippen molar-refractivity contribution in [3.63, 3.8) is 0 Å². The number of sulfone groups is 1. The van der Waals surface area contributed by atoms with Crippen molar-refractivity contribution < 1.29 is 13.2 Å². The number of hydrogen-bond donors (Lipinski definition) is 1. The molecule has 5 heteroatoms. The summed E-state index contributed by atoms with van der Waals surface area (Å²) in [5.74, 6) is -0.343. The van der Waals surface area contributed by atoms with E-state index in [1.54, 1.807) is 12.1 Å². The van der Waals surface area contributed by atoms with Crippen molar-refractivity contribution in [2.75, 3.05) is 5.75 Å². The van der Waals surface area contributed by atoms with Crippen molar-refractivity contribution in [1.29, 1.82) is 0 Å². The van der Waals surface area contributed by atoms with Crippen molar-refractivity contribution in [3.05, 3.63) is 35.4 Å². The van der Waals surface area contributed by atoms with E-state index in [0.29, 0.717) is 0 Å². The molecule has 0 aliphatic heterocycles. The molecule has 1 aromatic rings. The zero-order chi connectivity index (χ0) is 14.5. The van der Waals surface area contributed by atoms with E-state index in [1.165, 1.54) is 0 Å². The minimum atomic E-state index is -3.24. The number of benzene rings is 1. The highest BCUT2D eigenvalue weighted by molar-refractivity contribution is 7.90. The second kappa shape index (κ2) is 6.70. The summed E-state index contributed by atoms with van der Waals surface area (Å²) < 4.78 is 23.8. The first kappa shape index (κ1) is 15.7. The van der Waals surface area contributed by atoms with Gasteiger partial charge in [0.05, 0.1) is 11.5 Å². The lowest BCUT2D eigenvalue weighted by atomic mass is 10.2. The molecule has 1 aromatic carbocycles. The fraction of sp³-hybridized carbons (Fsp3) is 0.500. The zero-order valence-electron chi connectivity index (χ0n) is 11.6. The van der Waals surface area contributed by atoms with Crippen LogP contribution in [0, 0.1) is 6.92 Å². The third-order valence-electron chi connectivity index (χ3n) is 2.60. The van der Waals surface area contributed by atoms with Crippen LogP contribution in [0.4, 0.5) is 0 Å². The van der Waals surface area contributed by atoms with E-state index in [0.717, 1.165) is 11.1 Å². The van der Waals surface area contributed by atoms with Gasteiger partial charge in [-0.3, -0.25) is 4.79 Å². The predicted molar refractivity (Wildman–Crippen MR) is 76.6 cm³/mol. The first-order chi connectivity index (χ1) is 8.78. The average molecular weight is 283 g/mol. The molecule has 19 heavy (non-hydrogen) atoms. The molecule has 1 N–H and O–H groups in total. The molecule has 0 spiro atoms. The summed E-state index contributed by atoms with van der Waals surface area (Å²) in [4.78, 5) is 11.4. The molecule has 0 aliphatic rings. The van der Waals surface area contributed by atoms with Gasteiger partial charge in [0.15, 0.2) is 9.84 Å². The van der Waals surface area contributed by atoms with Gasteiger partial charge >= 0.3 is 0 Å². The third-order valence-corrected chi connectivity index (χ3v) is 4.20. The highest BCUT2D eigenvalue weighted by atomic mass is 32.2. The minimum Gasteiger partial charge on any atom is -0.354 e. The second-order valence-corrected chi connectivity index (χ2v) is 7.23. The van der Waals surface area contributed by atoms with Crippen LogP contribution in [0.5, 0.6) is 0 Å². The number of carbonyl (C=O) groups excluding carboxylic acids is 1. The van der Waals surface area contributed by atoms with Crippen LogP contribution in [0.25, 0.3) is 0 Å². The smallest absolute Gasteiger partial charge is 0.221 e. The number of amides is 1. The molecule has 106 valence electrons. The Morgan fingerprint density at radius 1 is 1.21 bits per heavy atom. The van der Waals surface area contributed by atoms with E-state index in [-0.39, 0.29) is 29.9 Å². The Hall–Kier alpha value is -1.36. The van der Waals surface area contributed by atoms with Crippen LogP contribution in [0.1, 0.15) is 31.4 Å². The lowest BCUT2D eigenvalue weighted by Crippen LogP contribution is -2.31. The fourth-order valence-electron chi connectivity index (χ4n) is 1.65. The van der Waals surface area contributed by atoms with Crippen LogP contribution in [0.3, 0.4) is 0 Å². The lowest BCUT2D eigenvalue weighted by molar-refractivity contribution is -0.121. The zero-order valence-corrected chi connectivity index (χ0v) is 12.5. The van der Waals surface area contributed by atoms with Crippen molar-refractivity contribution in [3.8, 4) is 0 Å². The van der Waals surface area contributed by atoms with Gasteiger partial charge in [-0.1, -0.05) is 29.8 Å². The first-order valence-corrected chi connectivity index (χ1v) is 8.16. The summed E-state index contributed by atoms with van der Waals surface area (Å²) in [5, 5.41) is 2.68. The molecule has 4 nitrogen and oxygen atoms in total. The minimum absolute atomic E-state index is 0.0117. The molecule has 0 saturated heterocycles. The Bertz CT molecular complexity index is 518. The van der Waals surface area contributed by atoms with Crippen molar-refractivity contribution >= 4 is 15.7 Å². The standard InChI is InChI=1S/C14H21NO3S/c1-11(2)15-14(16)8-9-19(17,18)10-13-6-4-12(3)5-7-13/h4-7,11H,8-10H2,1-3H3,(H,15,16). The SMILES string of the molecule is Cc1ccc(CS(=O)(=O)CCC(=O)NC(C)C)cc1. The largest absolute Gasteiger partial charge is 0.354 e. The molecule has 0 heterocycles. The van der Waals surface area contributed by atoms with Crippen molar-refractivity contribution in [2.45, 2.75) is 39.0 Å². The fourth-order valence-corrected chi connectivity index (χ4v) is 2.99. The van der Waals surface area contributed by atoms with Gasteiger partial charge in [0.1, 0.15) is 0 Å². The van der Waals surface area contributed by atoms with E-state index < -0.39 is 9.84 Å². The van der Waals surface area contributed by atoms with Crippen LogP contribution in [-0.4, -0.2) is 26.1 Å². The average Bonchev–Trinajstić information content (AvgIpc) is 2.29. The van der Waals surface area contributed by atoms with Gasteiger partial charge in [0.2, 0.25) is 5.91 Å². The Kier molecular flexibility index (Phi) is 5.54. The summed E-state index contributed by atoms with van der Waals surface area (Å²) in [7, 11) is -3.24. The van der Waals surface area contributed by atoms with Gasteiger partial charge in [0, 0.05) is 12.5 Å². The Balaban J connectivity index is 2.52. The summed E-state index contributed by atoms with van der Waals surface area (Å²) in [5.41, 5.74) is 1.85. The quantitative estimate of drug-likeness (QED) is 0.866. The normalized spacial score (nSPS) is 11.6. The summed E-state index contributed by atoms with van der Waals surface area (Å²) in [6.07, 6.45) is 0.0202. The molecule has 0 aromatic heterocycles. The van der Waals surface area contributed by atoms with E-state index in [4.69, 9.17) is 0 Å². The van der Waals surface area contributed by atoms with Crippen LogP contribution >= 0.6 is 0 Å². The van der Waals surface area contributed by atoms with E-state index in [1.807, 2.05) is 32.9 Å². The number of aryl methyl sites for hydroxylation is 1. The van der Waals surface area contributed by atoms with Crippen molar-refractivity contribution in [1.82, 2.24) is 5.32 Å². The highest BCUT2D eigenvalue weighted by Crippen LogP contribution is 2.09. The maximum absolute atomic E-state index is 11.9. The van der Waals surface area contributed by atoms with E-state index >= 15 is 0 Å². The van der Waals surface area contributed by atoms with Crippen LogP contribution in [-0.2, 0) is 20.4 Å². The Labute approximate surface area is 115 Å².